The number of pyridine rings is 1. The molecule has 0 radical (unpaired) electrons. The highest BCUT2D eigenvalue weighted by molar-refractivity contribution is 6.09. The van der Waals surface area contributed by atoms with E-state index < -0.39 is 0 Å². The van der Waals surface area contributed by atoms with Gasteiger partial charge in [0, 0.05) is 62.7 Å². The number of fused-ring (bicyclic) bond motifs is 3. The predicted molar refractivity (Wildman–Crippen MR) is 271 cm³/mol. The molecule has 0 unspecified atom stereocenters. The first-order valence-corrected chi connectivity index (χ1v) is 22.8. The van der Waals surface area contributed by atoms with E-state index in [9.17, 15) is 0 Å². The zero-order valence-electron chi connectivity index (χ0n) is 39.5. The van der Waals surface area contributed by atoms with Crippen molar-refractivity contribution in [2.75, 3.05) is 16.5 Å². The Morgan fingerprint density at radius 1 is 0.484 bits per heavy atom. The summed E-state index contributed by atoms with van der Waals surface area (Å²) in [5.74, 6) is 2.82. The van der Waals surface area contributed by atoms with Crippen LogP contribution in [0.3, 0.4) is 0 Å². The van der Waals surface area contributed by atoms with Crippen molar-refractivity contribution in [2.24, 2.45) is 10.8 Å². The van der Waals surface area contributed by atoms with Crippen LogP contribution in [0.1, 0.15) is 93.2 Å². The fourth-order valence-electron chi connectivity index (χ4n) is 9.40. The van der Waals surface area contributed by atoms with Crippen LogP contribution in [0.4, 0.5) is 11.4 Å². The highest BCUT2D eigenvalue weighted by atomic mass is 16.5. The smallest absolute Gasteiger partial charge is 0.137 e. The third-order valence-corrected chi connectivity index (χ3v) is 12.5. The lowest BCUT2D eigenvalue weighted by atomic mass is 9.81. The Hall–Kier alpha value is -6.59. The second-order valence-electron chi connectivity index (χ2n) is 20.9. The quantitative estimate of drug-likeness (QED) is 0.153. The van der Waals surface area contributed by atoms with E-state index in [4.69, 9.17) is 9.72 Å². The van der Waals surface area contributed by atoms with Crippen molar-refractivity contribution in [3.63, 3.8) is 0 Å². The topological polar surface area (TPSA) is 33.5 Å². The molecule has 5 heteroatoms. The Morgan fingerprint density at radius 2 is 1.05 bits per heavy atom. The molecule has 0 spiro atoms. The van der Waals surface area contributed by atoms with Crippen molar-refractivity contribution in [3.05, 3.63) is 180 Å². The lowest BCUT2D eigenvalue weighted by Gasteiger charge is -2.34. The molecule has 1 aliphatic rings. The standard InChI is InChI=1S/C59H62N4O/c1-39(2)42-30-43(40-20-14-12-15-21-40)32-46(31-42)61-38-62(56(59(9,10)11)55(61)58(6,7)8)47-33-44(41-22-16-13-17-23-41)34-49(36-47)64-48-26-27-51-50-24-18-19-25-52(50)63(53(51)37-48)54-35-45(28-29-60-54)57(3,4)5/h12-37,39H,38H2,1-11H3. The summed E-state index contributed by atoms with van der Waals surface area (Å²) in [7, 11) is 0. The first kappa shape index (κ1) is 42.7. The van der Waals surface area contributed by atoms with Crippen LogP contribution in [-0.2, 0) is 5.41 Å². The Labute approximate surface area is 380 Å². The van der Waals surface area contributed by atoms with E-state index in [-0.39, 0.29) is 16.2 Å². The summed E-state index contributed by atoms with van der Waals surface area (Å²) in [5, 5.41) is 2.35. The minimum absolute atomic E-state index is 0.0164. The van der Waals surface area contributed by atoms with Crippen LogP contribution in [0.25, 0.3) is 49.9 Å². The monoisotopic (exact) mass is 842 g/mol. The second-order valence-corrected chi connectivity index (χ2v) is 20.9. The van der Waals surface area contributed by atoms with Crippen molar-refractivity contribution in [1.29, 1.82) is 0 Å². The van der Waals surface area contributed by atoms with Crippen molar-refractivity contribution < 1.29 is 4.74 Å². The summed E-state index contributed by atoms with van der Waals surface area (Å²) in [4.78, 5) is 10.0. The van der Waals surface area contributed by atoms with Gasteiger partial charge in [0.15, 0.2) is 0 Å². The Morgan fingerprint density at radius 3 is 1.64 bits per heavy atom. The predicted octanol–water partition coefficient (Wildman–Crippen LogP) is 16.3. The molecule has 64 heavy (non-hydrogen) atoms. The lowest BCUT2D eigenvalue weighted by molar-refractivity contribution is 0.444. The Kier molecular flexibility index (Phi) is 10.8. The zero-order chi connectivity index (χ0) is 45.1. The van der Waals surface area contributed by atoms with Gasteiger partial charge < -0.3 is 14.5 Å². The van der Waals surface area contributed by atoms with E-state index >= 15 is 0 Å². The highest BCUT2D eigenvalue weighted by Crippen LogP contribution is 2.50. The molecule has 324 valence electrons. The fraction of sp³-hybridized carbons (Fsp3) is 0.271. The maximum Gasteiger partial charge on any atom is 0.137 e. The molecule has 0 fully saturated rings. The molecule has 0 aliphatic carbocycles. The molecule has 3 heterocycles. The number of aromatic nitrogens is 2. The van der Waals surface area contributed by atoms with Gasteiger partial charge in [-0.1, -0.05) is 161 Å². The third-order valence-electron chi connectivity index (χ3n) is 12.5. The molecule has 0 saturated carbocycles. The number of benzene rings is 6. The summed E-state index contributed by atoms with van der Waals surface area (Å²) >= 11 is 0. The van der Waals surface area contributed by atoms with Crippen molar-refractivity contribution in [2.45, 2.75) is 87.5 Å². The van der Waals surface area contributed by atoms with Gasteiger partial charge in [-0.15, -0.1) is 0 Å². The molecule has 6 aromatic carbocycles. The molecule has 9 rings (SSSR count). The molecule has 1 aliphatic heterocycles. The van der Waals surface area contributed by atoms with Gasteiger partial charge in [0.25, 0.3) is 0 Å². The Balaban J connectivity index is 1.20. The average molecular weight is 843 g/mol. The highest BCUT2D eigenvalue weighted by Gasteiger charge is 2.42. The summed E-state index contributed by atoms with van der Waals surface area (Å²) < 4.78 is 9.34. The fourth-order valence-corrected chi connectivity index (χ4v) is 9.40. The number of allylic oxidation sites excluding steroid dienone is 2. The molecule has 0 amide bonds. The lowest BCUT2D eigenvalue weighted by Crippen LogP contribution is -2.31. The summed E-state index contributed by atoms with van der Waals surface area (Å²) in [5.41, 5.74) is 14.0. The van der Waals surface area contributed by atoms with Crippen LogP contribution in [0.15, 0.2) is 169 Å². The van der Waals surface area contributed by atoms with E-state index in [1.165, 1.54) is 44.7 Å². The van der Waals surface area contributed by atoms with Crippen molar-refractivity contribution >= 4 is 33.2 Å². The van der Waals surface area contributed by atoms with Gasteiger partial charge in [0.2, 0.25) is 0 Å². The number of hydrogen-bond acceptors (Lipinski definition) is 4. The maximum atomic E-state index is 7.06. The Bertz CT molecular complexity index is 3030. The van der Waals surface area contributed by atoms with Crippen LogP contribution in [0.5, 0.6) is 11.5 Å². The van der Waals surface area contributed by atoms with Gasteiger partial charge in [0.05, 0.1) is 17.7 Å². The number of anilines is 2. The number of ether oxygens (including phenoxy) is 1. The average Bonchev–Trinajstić information content (AvgIpc) is 3.85. The first-order valence-electron chi connectivity index (χ1n) is 22.8. The van der Waals surface area contributed by atoms with Crippen LogP contribution >= 0.6 is 0 Å². The SMILES string of the molecule is CC(C)c1cc(-c2ccccc2)cc(N2CN(c3cc(Oc4ccc5c6ccccc6n(-c6cc(C(C)(C)C)ccn6)c5c4)cc(-c4ccccc4)c3)C(C(C)(C)C)=C2C(C)(C)C)c1. The van der Waals surface area contributed by atoms with Gasteiger partial charge in [0.1, 0.15) is 17.3 Å². The van der Waals surface area contributed by atoms with Crippen molar-refractivity contribution in [1.82, 2.24) is 9.55 Å². The molecule has 0 saturated heterocycles. The van der Waals surface area contributed by atoms with Crippen LogP contribution < -0.4 is 14.5 Å². The number of para-hydroxylation sites is 1. The van der Waals surface area contributed by atoms with E-state index in [0.717, 1.165) is 50.6 Å². The van der Waals surface area contributed by atoms with Crippen LogP contribution in [-0.4, -0.2) is 16.2 Å². The van der Waals surface area contributed by atoms with Crippen molar-refractivity contribution in [3.8, 4) is 39.6 Å². The second kappa shape index (κ2) is 16.2. The van der Waals surface area contributed by atoms with Gasteiger partial charge in [-0.25, -0.2) is 4.98 Å². The zero-order valence-corrected chi connectivity index (χ0v) is 39.5. The van der Waals surface area contributed by atoms with Crippen LogP contribution in [0.2, 0.25) is 0 Å². The largest absolute Gasteiger partial charge is 0.457 e. The van der Waals surface area contributed by atoms with E-state index in [1.54, 1.807) is 0 Å². The molecule has 0 atom stereocenters. The molecule has 8 aromatic rings. The van der Waals surface area contributed by atoms with Gasteiger partial charge >= 0.3 is 0 Å². The number of nitrogens with zero attached hydrogens (tertiary/aromatic N) is 4. The van der Waals surface area contributed by atoms with E-state index in [0.29, 0.717) is 12.6 Å². The van der Waals surface area contributed by atoms with Crippen LogP contribution in [0, 0.1) is 10.8 Å². The molecular formula is C59H62N4O. The van der Waals surface area contributed by atoms with E-state index in [1.807, 2.05) is 6.20 Å². The molecule has 0 bridgehead atoms. The van der Waals surface area contributed by atoms with Gasteiger partial charge in [-0.05, 0) is 99.3 Å². The van der Waals surface area contributed by atoms with Gasteiger partial charge in [-0.3, -0.25) is 4.57 Å². The maximum absolute atomic E-state index is 7.06. The first-order chi connectivity index (χ1) is 30.4. The summed E-state index contributed by atoms with van der Waals surface area (Å²) in [6.45, 7) is 26.1. The number of hydrogen-bond donors (Lipinski definition) is 0. The minimum Gasteiger partial charge on any atom is -0.457 e. The number of rotatable bonds is 8. The molecule has 2 aromatic heterocycles. The summed E-state index contributed by atoms with van der Waals surface area (Å²) in [6.07, 6.45) is 1.93. The molecule has 5 nitrogen and oxygen atoms in total. The molecule has 0 N–H and O–H groups in total. The summed E-state index contributed by atoms with van der Waals surface area (Å²) in [6, 6.07) is 54.8. The minimum atomic E-state index is -0.185. The molecular weight excluding hydrogens is 781 g/mol. The third kappa shape index (κ3) is 8.20. The van der Waals surface area contributed by atoms with Gasteiger partial charge in [-0.2, -0.15) is 0 Å². The normalized spacial score (nSPS) is 13.8. The van der Waals surface area contributed by atoms with E-state index in [2.05, 4.69) is 242 Å².